The van der Waals surface area contributed by atoms with Crippen molar-refractivity contribution in [1.82, 2.24) is 29.7 Å². The maximum Gasteiger partial charge on any atom is 0.282 e. The van der Waals surface area contributed by atoms with E-state index in [9.17, 15) is 8.78 Å². The zero-order valence-corrected chi connectivity index (χ0v) is 20.4. The number of rotatable bonds is 10. The van der Waals surface area contributed by atoms with E-state index in [-0.39, 0.29) is 24.1 Å². The molecule has 1 saturated carbocycles. The molecule has 37 heavy (non-hydrogen) atoms. The molecule has 0 aliphatic heterocycles. The van der Waals surface area contributed by atoms with Gasteiger partial charge in [-0.3, -0.25) is 0 Å². The van der Waals surface area contributed by atoms with Crippen LogP contribution in [-0.4, -0.2) is 51.0 Å². The van der Waals surface area contributed by atoms with Crippen LogP contribution in [-0.2, 0) is 6.61 Å². The van der Waals surface area contributed by atoms with E-state index in [0.717, 1.165) is 24.1 Å². The standard InChI is InChI=1S/C25H24F2N6O4/c1-34-18-11-28-23(20-21(15-6-7-15)29-13-30-25(20)36-3)31-24(18)37-12-14-4-8-16(9-5-14)33-19(35-2)10-17(32-33)22(26)27/h4-5,8-11,13,15,22H,6-7,12H2,1-3H3. The molecule has 0 spiro atoms. The number of hydrogen-bond donors (Lipinski definition) is 0. The van der Waals surface area contributed by atoms with Gasteiger partial charge in [0.2, 0.25) is 11.8 Å². The van der Waals surface area contributed by atoms with Crippen molar-refractivity contribution in [3.8, 4) is 40.5 Å². The number of methoxy groups -OCH3 is 3. The summed E-state index contributed by atoms with van der Waals surface area (Å²) in [5.41, 5.74) is 2.51. The van der Waals surface area contributed by atoms with Crippen LogP contribution >= 0.6 is 0 Å². The molecule has 0 N–H and O–H groups in total. The summed E-state index contributed by atoms with van der Waals surface area (Å²) in [5, 5.41) is 3.93. The molecule has 0 unspecified atom stereocenters. The summed E-state index contributed by atoms with van der Waals surface area (Å²) >= 11 is 0. The van der Waals surface area contributed by atoms with E-state index in [1.807, 2.05) is 0 Å². The van der Waals surface area contributed by atoms with E-state index in [2.05, 4.69) is 25.0 Å². The smallest absolute Gasteiger partial charge is 0.282 e. The van der Waals surface area contributed by atoms with Gasteiger partial charge in [-0.15, -0.1) is 0 Å². The Balaban J connectivity index is 1.38. The highest BCUT2D eigenvalue weighted by Gasteiger charge is 2.31. The molecule has 12 heteroatoms. The normalized spacial score (nSPS) is 13.0. The van der Waals surface area contributed by atoms with Crippen LogP contribution in [0.1, 0.15) is 42.1 Å². The van der Waals surface area contributed by atoms with Gasteiger partial charge in [-0.25, -0.2) is 28.4 Å². The van der Waals surface area contributed by atoms with Gasteiger partial charge < -0.3 is 18.9 Å². The number of ether oxygens (including phenoxy) is 4. The SMILES string of the molecule is COc1cnc(-c2c(OC)ncnc2C2CC2)nc1OCc1ccc(-n2nc(C(F)F)cc2OC)cc1. The predicted octanol–water partition coefficient (Wildman–Crippen LogP) is 4.54. The first-order valence-electron chi connectivity index (χ1n) is 11.5. The molecule has 1 fully saturated rings. The quantitative estimate of drug-likeness (QED) is 0.304. The highest BCUT2D eigenvalue weighted by molar-refractivity contribution is 5.66. The number of benzene rings is 1. The van der Waals surface area contributed by atoms with Crippen LogP contribution < -0.4 is 18.9 Å². The van der Waals surface area contributed by atoms with E-state index < -0.39 is 6.43 Å². The molecule has 0 amide bonds. The molecule has 5 rings (SSSR count). The van der Waals surface area contributed by atoms with Crippen LogP contribution in [0.5, 0.6) is 23.4 Å². The summed E-state index contributed by atoms with van der Waals surface area (Å²) in [6.45, 7) is 0.170. The van der Waals surface area contributed by atoms with Gasteiger partial charge >= 0.3 is 0 Å². The van der Waals surface area contributed by atoms with Crippen LogP contribution in [0.25, 0.3) is 17.1 Å². The Labute approximate surface area is 211 Å². The fourth-order valence-corrected chi connectivity index (χ4v) is 3.84. The van der Waals surface area contributed by atoms with Gasteiger partial charge in [-0.2, -0.15) is 10.1 Å². The largest absolute Gasteiger partial charge is 0.490 e. The average molecular weight is 511 g/mol. The maximum absolute atomic E-state index is 13.1. The highest BCUT2D eigenvalue weighted by Crippen LogP contribution is 2.45. The van der Waals surface area contributed by atoms with Crippen molar-refractivity contribution in [2.24, 2.45) is 0 Å². The minimum atomic E-state index is -2.70. The molecule has 0 radical (unpaired) electrons. The van der Waals surface area contributed by atoms with Crippen molar-refractivity contribution in [1.29, 1.82) is 0 Å². The van der Waals surface area contributed by atoms with E-state index in [1.54, 1.807) is 31.4 Å². The van der Waals surface area contributed by atoms with Gasteiger partial charge in [-0.05, 0) is 30.5 Å². The van der Waals surface area contributed by atoms with Crippen molar-refractivity contribution in [3.05, 3.63) is 59.8 Å². The Morgan fingerprint density at radius 3 is 2.41 bits per heavy atom. The monoisotopic (exact) mass is 510 g/mol. The van der Waals surface area contributed by atoms with Gasteiger partial charge in [0.05, 0.1) is 38.9 Å². The molecule has 0 saturated heterocycles. The van der Waals surface area contributed by atoms with Gasteiger partial charge in [0.25, 0.3) is 12.3 Å². The lowest BCUT2D eigenvalue weighted by Crippen LogP contribution is -2.05. The molecule has 0 bridgehead atoms. The van der Waals surface area contributed by atoms with Crippen molar-refractivity contribution < 1.29 is 27.7 Å². The van der Waals surface area contributed by atoms with Crippen LogP contribution in [0.15, 0.2) is 42.9 Å². The summed E-state index contributed by atoms with van der Waals surface area (Å²) in [5.74, 6) is 1.93. The molecular formula is C25H24F2N6O4. The maximum atomic E-state index is 13.1. The first-order chi connectivity index (χ1) is 18.0. The third-order valence-electron chi connectivity index (χ3n) is 5.85. The topological polar surface area (TPSA) is 106 Å². The molecule has 0 atom stereocenters. The zero-order valence-electron chi connectivity index (χ0n) is 20.4. The molecule has 1 aliphatic rings. The second kappa shape index (κ2) is 10.3. The second-order valence-corrected chi connectivity index (χ2v) is 8.26. The van der Waals surface area contributed by atoms with Crippen LogP contribution in [0.2, 0.25) is 0 Å². The average Bonchev–Trinajstić information content (AvgIpc) is 3.69. The minimum Gasteiger partial charge on any atom is -0.490 e. The third-order valence-corrected chi connectivity index (χ3v) is 5.85. The molecule has 10 nitrogen and oxygen atoms in total. The second-order valence-electron chi connectivity index (χ2n) is 8.26. The Morgan fingerprint density at radius 1 is 0.973 bits per heavy atom. The van der Waals surface area contributed by atoms with E-state index in [1.165, 1.54) is 37.5 Å². The lowest BCUT2D eigenvalue weighted by Gasteiger charge is -2.14. The van der Waals surface area contributed by atoms with Crippen molar-refractivity contribution >= 4 is 0 Å². The zero-order chi connectivity index (χ0) is 25.9. The molecular weight excluding hydrogens is 486 g/mol. The summed E-state index contributed by atoms with van der Waals surface area (Å²) in [4.78, 5) is 17.7. The molecule has 4 aromatic rings. The molecule has 1 aliphatic carbocycles. The molecule has 3 aromatic heterocycles. The molecule has 1 aromatic carbocycles. The highest BCUT2D eigenvalue weighted by atomic mass is 19.3. The van der Waals surface area contributed by atoms with Gasteiger partial charge in [0.15, 0.2) is 11.6 Å². The number of hydrogen-bond acceptors (Lipinski definition) is 9. The Kier molecular flexibility index (Phi) is 6.80. The summed E-state index contributed by atoms with van der Waals surface area (Å²) < 4.78 is 49.5. The number of nitrogens with zero attached hydrogens (tertiary/aromatic N) is 6. The predicted molar refractivity (Wildman–Crippen MR) is 128 cm³/mol. The fraction of sp³-hybridized carbons (Fsp3) is 0.320. The number of aromatic nitrogens is 6. The van der Waals surface area contributed by atoms with Crippen molar-refractivity contribution in [2.45, 2.75) is 31.8 Å². The summed E-state index contributed by atoms with van der Waals surface area (Å²) in [7, 11) is 4.45. The van der Waals surface area contributed by atoms with Gasteiger partial charge in [-0.1, -0.05) is 12.1 Å². The summed E-state index contributed by atoms with van der Waals surface area (Å²) in [6, 6.07) is 8.28. The molecule has 3 heterocycles. The summed E-state index contributed by atoms with van der Waals surface area (Å²) in [6.07, 6.45) is 2.40. The van der Waals surface area contributed by atoms with Crippen LogP contribution in [0.3, 0.4) is 0 Å². The first-order valence-corrected chi connectivity index (χ1v) is 11.5. The van der Waals surface area contributed by atoms with Crippen LogP contribution in [0, 0.1) is 0 Å². The van der Waals surface area contributed by atoms with Gasteiger partial charge in [0.1, 0.15) is 24.2 Å². The van der Waals surface area contributed by atoms with Crippen LogP contribution in [0.4, 0.5) is 8.78 Å². The minimum absolute atomic E-state index is 0.170. The van der Waals surface area contributed by atoms with Crippen molar-refractivity contribution in [2.75, 3.05) is 21.3 Å². The van der Waals surface area contributed by atoms with Crippen molar-refractivity contribution in [3.63, 3.8) is 0 Å². The first kappa shape index (κ1) is 24.3. The third kappa shape index (κ3) is 4.99. The number of halogens is 2. The fourth-order valence-electron chi connectivity index (χ4n) is 3.84. The van der Waals surface area contributed by atoms with E-state index >= 15 is 0 Å². The lowest BCUT2D eigenvalue weighted by molar-refractivity contribution is 0.145. The van der Waals surface area contributed by atoms with Gasteiger partial charge in [0, 0.05) is 12.0 Å². The molecule has 192 valence electrons. The van der Waals surface area contributed by atoms with E-state index in [4.69, 9.17) is 18.9 Å². The lowest BCUT2D eigenvalue weighted by atomic mass is 10.1. The number of alkyl halides is 2. The Hall–Kier alpha value is -4.35. The Bertz CT molecular complexity index is 1390. The Morgan fingerprint density at radius 2 is 1.76 bits per heavy atom. The van der Waals surface area contributed by atoms with E-state index in [0.29, 0.717) is 34.6 Å².